The molecule has 8 nitrogen and oxygen atoms in total. The predicted molar refractivity (Wildman–Crippen MR) is 135 cm³/mol. The molecule has 2 N–H and O–H groups in total. The Morgan fingerprint density at radius 2 is 1.69 bits per heavy atom. The van der Waals surface area contributed by atoms with Crippen molar-refractivity contribution < 1.29 is 26.3 Å². The molecule has 4 rings (SSSR count). The van der Waals surface area contributed by atoms with E-state index in [-0.39, 0.29) is 6.04 Å². The van der Waals surface area contributed by atoms with Crippen molar-refractivity contribution in [2.45, 2.75) is 49.0 Å². The van der Waals surface area contributed by atoms with E-state index in [1.165, 1.54) is 6.07 Å². The Kier molecular flexibility index (Phi) is 7.62. The highest BCUT2D eigenvalue weighted by Crippen LogP contribution is 2.33. The van der Waals surface area contributed by atoms with Gasteiger partial charge >= 0.3 is 6.36 Å². The lowest BCUT2D eigenvalue weighted by atomic mass is 9.92. The smallest absolute Gasteiger partial charge is 0.404 e. The van der Waals surface area contributed by atoms with E-state index in [1.807, 2.05) is 43.3 Å². The number of aromatic nitrogens is 2. The van der Waals surface area contributed by atoms with Gasteiger partial charge in [0.25, 0.3) is 0 Å². The summed E-state index contributed by atoms with van der Waals surface area (Å²) < 4.78 is 71.0. The molecule has 1 heterocycles. The van der Waals surface area contributed by atoms with Crippen molar-refractivity contribution in [3.8, 4) is 5.75 Å². The van der Waals surface area contributed by atoms with E-state index in [2.05, 4.69) is 40.7 Å². The minimum atomic E-state index is -5.01. The number of nitrogens with zero attached hydrogens (tertiary/aromatic N) is 3. The summed E-state index contributed by atoms with van der Waals surface area (Å²) in [5, 5.41) is 4.29. The summed E-state index contributed by atoms with van der Waals surface area (Å²) >= 11 is 3.11. The first-order valence-electron chi connectivity index (χ1n) is 11.2. The van der Waals surface area contributed by atoms with Crippen LogP contribution in [-0.4, -0.2) is 50.9 Å². The van der Waals surface area contributed by atoms with Gasteiger partial charge in [-0.3, -0.25) is 0 Å². The van der Waals surface area contributed by atoms with Gasteiger partial charge < -0.3 is 15.0 Å². The largest absolute Gasteiger partial charge is 0.573 e. The fourth-order valence-corrected chi connectivity index (χ4v) is 6.16. The standard InChI is InChI=1S/C23H25BrF3N5O3S/c1-32(2)21-17-5-3-4-6-18(17)29-22(30-21)28-15-8-10-16(11-9-15)31-36(33,34)20-13-14(24)7-12-19(20)35-23(25,26)27/h3-7,12-13,15-16,31H,8-11H2,1-2H3,(H,28,29,30). The van der Waals surface area contributed by atoms with Gasteiger partial charge in [-0.2, -0.15) is 4.98 Å². The molecule has 0 atom stereocenters. The quantitative estimate of drug-likeness (QED) is 0.399. The Morgan fingerprint density at radius 1 is 1.03 bits per heavy atom. The molecule has 0 spiro atoms. The summed E-state index contributed by atoms with van der Waals surface area (Å²) in [6.45, 7) is 0. The first kappa shape index (κ1) is 26.4. The zero-order valence-electron chi connectivity index (χ0n) is 19.5. The van der Waals surface area contributed by atoms with Crippen molar-refractivity contribution in [1.82, 2.24) is 14.7 Å². The van der Waals surface area contributed by atoms with Crippen molar-refractivity contribution >= 4 is 48.6 Å². The lowest BCUT2D eigenvalue weighted by Gasteiger charge is -2.30. The molecule has 0 radical (unpaired) electrons. The van der Waals surface area contributed by atoms with Crippen molar-refractivity contribution in [3.05, 3.63) is 46.9 Å². The normalized spacial score (nSPS) is 18.7. The minimum Gasteiger partial charge on any atom is -0.404 e. The van der Waals surface area contributed by atoms with E-state index in [0.29, 0.717) is 36.1 Å². The van der Waals surface area contributed by atoms with Gasteiger partial charge in [-0.1, -0.05) is 28.1 Å². The molecule has 13 heteroatoms. The molecular weight excluding hydrogens is 563 g/mol. The molecule has 0 aliphatic heterocycles. The number of anilines is 2. The summed E-state index contributed by atoms with van der Waals surface area (Å²) in [6, 6.07) is 10.7. The molecule has 0 amide bonds. The number of rotatable bonds is 7. The number of benzene rings is 2. The van der Waals surface area contributed by atoms with Gasteiger partial charge in [0.2, 0.25) is 16.0 Å². The number of nitrogens with one attached hydrogen (secondary N) is 2. The van der Waals surface area contributed by atoms with Crippen LogP contribution in [0, 0.1) is 0 Å². The van der Waals surface area contributed by atoms with Crippen LogP contribution in [0.3, 0.4) is 0 Å². The van der Waals surface area contributed by atoms with Crippen molar-refractivity contribution in [3.63, 3.8) is 0 Å². The lowest BCUT2D eigenvalue weighted by Crippen LogP contribution is -2.40. The summed E-state index contributed by atoms with van der Waals surface area (Å²) in [5.41, 5.74) is 0.811. The summed E-state index contributed by atoms with van der Waals surface area (Å²) in [4.78, 5) is 10.6. The third-order valence-electron chi connectivity index (χ3n) is 5.81. The first-order chi connectivity index (χ1) is 16.9. The van der Waals surface area contributed by atoms with Crippen LogP contribution in [0.2, 0.25) is 0 Å². The van der Waals surface area contributed by atoms with Crippen LogP contribution in [0.1, 0.15) is 25.7 Å². The topological polar surface area (TPSA) is 96.5 Å². The molecule has 0 saturated heterocycles. The fourth-order valence-electron chi connectivity index (χ4n) is 4.19. The zero-order valence-corrected chi connectivity index (χ0v) is 21.9. The second-order valence-corrected chi connectivity index (χ2v) is 11.3. The van der Waals surface area contributed by atoms with E-state index in [0.717, 1.165) is 28.9 Å². The maximum Gasteiger partial charge on any atom is 0.573 e. The molecule has 0 bridgehead atoms. The van der Waals surface area contributed by atoms with Crippen molar-refractivity contribution in [1.29, 1.82) is 0 Å². The Labute approximate surface area is 215 Å². The van der Waals surface area contributed by atoms with Crippen LogP contribution in [-0.2, 0) is 10.0 Å². The highest BCUT2D eigenvalue weighted by molar-refractivity contribution is 9.10. The molecule has 36 heavy (non-hydrogen) atoms. The molecule has 3 aromatic rings. The van der Waals surface area contributed by atoms with Crippen LogP contribution >= 0.6 is 15.9 Å². The number of fused-ring (bicyclic) bond motifs is 1. The Bertz CT molecular complexity index is 1350. The molecule has 1 fully saturated rings. The predicted octanol–water partition coefficient (Wildman–Crippen LogP) is 5.06. The monoisotopic (exact) mass is 587 g/mol. The average molecular weight is 588 g/mol. The molecule has 1 saturated carbocycles. The van der Waals surface area contributed by atoms with E-state index in [1.54, 1.807) is 0 Å². The number of hydrogen-bond acceptors (Lipinski definition) is 7. The van der Waals surface area contributed by atoms with Crippen LogP contribution in [0.15, 0.2) is 51.8 Å². The SMILES string of the molecule is CN(C)c1nc(NC2CCC(NS(=O)(=O)c3cc(Br)ccc3OC(F)(F)F)CC2)nc2ccccc12. The van der Waals surface area contributed by atoms with Crippen LogP contribution in [0.25, 0.3) is 10.9 Å². The molecule has 1 aliphatic rings. The molecule has 2 aromatic carbocycles. The summed E-state index contributed by atoms with van der Waals surface area (Å²) in [5.74, 6) is 0.499. The van der Waals surface area contributed by atoms with Crippen molar-refractivity contribution in [2.75, 3.05) is 24.3 Å². The second kappa shape index (κ2) is 10.4. The lowest BCUT2D eigenvalue weighted by molar-refractivity contribution is -0.275. The van der Waals surface area contributed by atoms with Gasteiger partial charge in [0.15, 0.2) is 0 Å². The van der Waals surface area contributed by atoms with Gasteiger partial charge in [0.1, 0.15) is 16.5 Å². The number of ether oxygens (including phenoxy) is 1. The number of hydrogen-bond donors (Lipinski definition) is 2. The van der Waals surface area contributed by atoms with Crippen LogP contribution in [0.4, 0.5) is 24.9 Å². The second-order valence-electron chi connectivity index (χ2n) is 8.74. The van der Waals surface area contributed by atoms with Gasteiger partial charge in [0.05, 0.1) is 5.52 Å². The first-order valence-corrected chi connectivity index (χ1v) is 13.5. The summed E-state index contributed by atoms with van der Waals surface area (Å²) in [7, 11) is -0.439. The number of halogens is 4. The van der Waals surface area contributed by atoms with E-state index in [4.69, 9.17) is 0 Å². The average Bonchev–Trinajstić information content (AvgIpc) is 2.80. The van der Waals surface area contributed by atoms with Crippen LogP contribution < -0.4 is 19.7 Å². The van der Waals surface area contributed by atoms with Crippen molar-refractivity contribution in [2.24, 2.45) is 0 Å². The molecule has 0 unspecified atom stereocenters. The highest BCUT2D eigenvalue weighted by Gasteiger charge is 2.35. The van der Waals surface area contributed by atoms with Gasteiger partial charge in [-0.25, -0.2) is 18.1 Å². The van der Waals surface area contributed by atoms with E-state index >= 15 is 0 Å². The van der Waals surface area contributed by atoms with Gasteiger partial charge in [-0.15, -0.1) is 13.2 Å². The number of sulfonamides is 1. The third kappa shape index (κ3) is 6.37. The minimum absolute atomic E-state index is 0.0249. The molecule has 1 aromatic heterocycles. The summed E-state index contributed by atoms with van der Waals surface area (Å²) in [6.07, 6.45) is -2.77. The maximum atomic E-state index is 12.9. The third-order valence-corrected chi connectivity index (χ3v) is 7.84. The zero-order chi connectivity index (χ0) is 26.1. The number of para-hydroxylation sites is 1. The van der Waals surface area contributed by atoms with Gasteiger partial charge in [0, 0.05) is 36.0 Å². The fraction of sp³-hybridized carbons (Fsp3) is 0.391. The Morgan fingerprint density at radius 3 is 2.36 bits per heavy atom. The molecular formula is C23H25BrF3N5O3S. The highest BCUT2D eigenvalue weighted by atomic mass is 79.9. The number of alkyl halides is 3. The van der Waals surface area contributed by atoms with E-state index in [9.17, 15) is 21.6 Å². The van der Waals surface area contributed by atoms with Crippen LogP contribution in [0.5, 0.6) is 5.75 Å². The van der Waals surface area contributed by atoms with E-state index < -0.39 is 33.1 Å². The Balaban J connectivity index is 1.43. The Hall–Kier alpha value is -2.64. The van der Waals surface area contributed by atoms with Gasteiger partial charge in [-0.05, 0) is 56.0 Å². The molecule has 194 valence electrons. The maximum absolute atomic E-state index is 12.9. The molecule has 1 aliphatic carbocycles.